The van der Waals surface area contributed by atoms with E-state index in [1.54, 1.807) is 41.3 Å². The van der Waals surface area contributed by atoms with Gasteiger partial charge in [-0.3, -0.25) is 4.79 Å². The third kappa shape index (κ3) is 5.14. The van der Waals surface area contributed by atoms with Crippen molar-refractivity contribution in [2.24, 2.45) is 5.92 Å². The van der Waals surface area contributed by atoms with Gasteiger partial charge in [0.2, 0.25) is 5.91 Å². The van der Waals surface area contributed by atoms with Gasteiger partial charge in [-0.2, -0.15) is 0 Å². The molecule has 7 heteroatoms. The Kier molecular flexibility index (Phi) is 6.19. The summed E-state index contributed by atoms with van der Waals surface area (Å²) in [5, 5.41) is 6.24. The van der Waals surface area contributed by atoms with Crippen LogP contribution in [0.5, 0.6) is 5.75 Å². The topological polar surface area (TPSA) is 70.7 Å². The van der Waals surface area contributed by atoms with E-state index in [-0.39, 0.29) is 17.9 Å². The first-order chi connectivity index (χ1) is 13.0. The van der Waals surface area contributed by atoms with Crippen LogP contribution < -0.4 is 20.3 Å². The Morgan fingerprint density at radius 3 is 2.56 bits per heavy atom. The Balaban J connectivity index is 1.47. The lowest BCUT2D eigenvalue weighted by Gasteiger charge is -2.17. The molecule has 6 nitrogen and oxygen atoms in total. The van der Waals surface area contributed by atoms with E-state index in [2.05, 4.69) is 10.6 Å². The van der Waals surface area contributed by atoms with Crippen LogP contribution in [0.1, 0.15) is 13.3 Å². The van der Waals surface area contributed by atoms with Crippen LogP contribution in [0.15, 0.2) is 48.5 Å². The number of nitrogens with one attached hydrogen (secondary N) is 2. The number of hydrogen-bond donors (Lipinski definition) is 2. The summed E-state index contributed by atoms with van der Waals surface area (Å²) in [6.45, 7) is 3.52. The fourth-order valence-corrected chi connectivity index (χ4v) is 3.13. The van der Waals surface area contributed by atoms with Gasteiger partial charge in [-0.1, -0.05) is 11.6 Å². The molecule has 1 fully saturated rings. The van der Waals surface area contributed by atoms with E-state index in [0.29, 0.717) is 36.8 Å². The Bertz CT molecular complexity index is 793. The average molecular weight is 388 g/mol. The van der Waals surface area contributed by atoms with Crippen molar-refractivity contribution in [3.05, 3.63) is 53.6 Å². The maximum absolute atomic E-state index is 12.2. The molecule has 0 bridgehead atoms. The fraction of sp³-hybridized carbons (Fsp3) is 0.300. The minimum absolute atomic E-state index is 0.0519. The lowest BCUT2D eigenvalue weighted by molar-refractivity contribution is -0.117. The first-order valence-electron chi connectivity index (χ1n) is 8.89. The van der Waals surface area contributed by atoms with Crippen molar-refractivity contribution in [3.63, 3.8) is 0 Å². The summed E-state index contributed by atoms with van der Waals surface area (Å²) in [4.78, 5) is 26.1. The number of carbonyl (C=O) groups excluding carboxylic acids is 2. The summed E-state index contributed by atoms with van der Waals surface area (Å²) in [5.74, 6) is 0.880. The molecule has 0 radical (unpaired) electrons. The van der Waals surface area contributed by atoms with E-state index < -0.39 is 0 Å². The Labute approximate surface area is 163 Å². The summed E-state index contributed by atoms with van der Waals surface area (Å²) in [6.07, 6.45) is 0.409. The second-order valence-electron chi connectivity index (χ2n) is 6.34. The molecule has 142 valence electrons. The fourth-order valence-electron chi connectivity index (χ4n) is 3.00. The van der Waals surface area contributed by atoms with E-state index in [4.69, 9.17) is 16.3 Å². The number of benzene rings is 2. The number of nitrogens with zero attached hydrogens (tertiary/aromatic N) is 1. The lowest BCUT2D eigenvalue weighted by Crippen LogP contribution is -2.34. The predicted molar refractivity (Wildman–Crippen MR) is 107 cm³/mol. The highest BCUT2D eigenvalue weighted by atomic mass is 35.5. The van der Waals surface area contributed by atoms with E-state index in [0.717, 1.165) is 11.4 Å². The zero-order chi connectivity index (χ0) is 19.2. The van der Waals surface area contributed by atoms with Gasteiger partial charge in [-0.05, 0) is 55.5 Å². The average Bonchev–Trinajstić information content (AvgIpc) is 3.03. The third-order valence-electron chi connectivity index (χ3n) is 4.32. The van der Waals surface area contributed by atoms with E-state index in [1.165, 1.54) is 0 Å². The number of halogens is 1. The largest absolute Gasteiger partial charge is 0.494 e. The van der Waals surface area contributed by atoms with Crippen LogP contribution in [0.4, 0.5) is 16.2 Å². The van der Waals surface area contributed by atoms with Crippen molar-refractivity contribution in [1.29, 1.82) is 0 Å². The normalized spacial score (nSPS) is 16.3. The number of hydrogen-bond acceptors (Lipinski definition) is 3. The van der Waals surface area contributed by atoms with Gasteiger partial charge in [0, 0.05) is 41.8 Å². The van der Waals surface area contributed by atoms with E-state index in [1.807, 2.05) is 19.1 Å². The summed E-state index contributed by atoms with van der Waals surface area (Å²) < 4.78 is 5.37. The molecule has 2 aromatic rings. The van der Waals surface area contributed by atoms with Crippen LogP contribution in [-0.2, 0) is 4.79 Å². The van der Waals surface area contributed by atoms with Gasteiger partial charge in [0.25, 0.3) is 0 Å². The van der Waals surface area contributed by atoms with Gasteiger partial charge in [-0.15, -0.1) is 0 Å². The molecular formula is C20H22ClN3O3. The molecule has 0 saturated carbocycles. The van der Waals surface area contributed by atoms with Crippen LogP contribution >= 0.6 is 11.6 Å². The second-order valence-corrected chi connectivity index (χ2v) is 6.78. The summed E-state index contributed by atoms with van der Waals surface area (Å²) >= 11 is 5.89. The molecule has 0 aromatic heterocycles. The maximum Gasteiger partial charge on any atom is 0.319 e. The molecule has 3 amide bonds. The van der Waals surface area contributed by atoms with Crippen molar-refractivity contribution in [1.82, 2.24) is 5.32 Å². The van der Waals surface area contributed by atoms with Crippen LogP contribution in [0.2, 0.25) is 5.02 Å². The number of amides is 3. The SMILES string of the molecule is CCOc1ccc(NC(=O)NC[C@@H]2CC(=O)N(c3ccc(Cl)cc3)C2)cc1. The highest BCUT2D eigenvalue weighted by Gasteiger charge is 2.30. The molecule has 0 spiro atoms. The van der Waals surface area contributed by atoms with Gasteiger partial charge in [0.15, 0.2) is 0 Å². The second kappa shape index (κ2) is 8.77. The summed E-state index contributed by atoms with van der Waals surface area (Å²) in [6, 6.07) is 14.1. The number of rotatable bonds is 6. The van der Waals surface area contributed by atoms with E-state index >= 15 is 0 Å². The van der Waals surface area contributed by atoms with Gasteiger partial charge < -0.3 is 20.3 Å². The quantitative estimate of drug-likeness (QED) is 0.789. The Hall–Kier alpha value is -2.73. The van der Waals surface area contributed by atoms with Crippen molar-refractivity contribution >= 4 is 34.9 Å². The van der Waals surface area contributed by atoms with Crippen LogP contribution in [0, 0.1) is 5.92 Å². The molecule has 0 unspecified atom stereocenters. The Morgan fingerprint density at radius 2 is 1.89 bits per heavy atom. The van der Waals surface area contributed by atoms with Gasteiger partial charge in [-0.25, -0.2) is 4.79 Å². The first kappa shape index (κ1) is 19.0. The predicted octanol–water partition coefficient (Wildman–Crippen LogP) is 3.91. The van der Waals surface area contributed by atoms with Crippen LogP contribution in [0.3, 0.4) is 0 Å². The van der Waals surface area contributed by atoms with Crippen LogP contribution in [0.25, 0.3) is 0 Å². The highest BCUT2D eigenvalue weighted by molar-refractivity contribution is 6.30. The molecule has 2 aromatic carbocycles. The molecule has 0 aliphatic carbocycles. The van der Waals surface area contributed by atoms with Crippen molar-refractivity contribution in [2.45, 2.75) is 13.3 Å². The molecule has 1 aliphatic rings. The molecule has 1 heterocycles. The summed E-state index contributed by atoms with van der Waals surface area (Å²) in [5.41, 5.74) is 1.51. The monoisotopic (exact) mass is 387 g/mol. The number of urea groups is 1. The molecule has 2 N–H and O–H groups in total. The van der Waals surface area contributed by atoms with Crippen molar-refractivity contribution in [3.8, 4) is 5.75 Å². The molecule has 1 saturated heterocycles. The van der Waals surface area contributed by atoms with Crippen molar-refractivity contribution < 1.29 is 14.3 Å². The van der Waals surface area contributed by atoms with Gasteiger partial charge in [0.1, 0.15) is 5.75 Å². The van der Waals surface area contributed by atoms with E-state index in [9.17, 15) is 9.59 Å². The number of carbonyl (C=O) groups is 2. The maximum atomic E-state index is 12.2. The minimum Gasteiger partial charge on any atom is -0.494 e. The summed E-state index contributed by atoms with van der Waals surface area (Å²) in [7, 11) is 0. The zero-order valence-electron chi connectivity index (χ0n) is 15.1. The molecular weight excluding hydrogens is 366 g/mol. The number of anilines is 2. The Morgan fingerprint density at radius 1 is 1.19 bits per heavy atom. The molecule has 1 aliphatic heterocycles. The zero-order valence-corrected chi connectivity index (χ0v) is 15.8. The lowest BCUT2D eigenvalue weighted by atomic mass is 10.1. The molecule has 27 heavy (non-hydrogen) atoms. The smallest absolute Gasteiger partial charge is 0.319 e. The van der Waals surface area contributed by atoms with Crippen LogP contribution in [-0.4, -0.2) is 31.6 Å². The third-order valence-corrected chi connectivity index (χ3v) is 4.57. The minimum atomic E-state index is -0.295. The highest BCUT2D eigenvalue weighted by Crippen LogP contribution is 2.26. The first-order valence-corrected chi connectivity index (χ1v) is 9.26. The standard InChI is InChI=1S/C20H22ClN3O3/c1-2-27-18-9-5-16(6-10-18)23-20(26)22-12-14-11-19(25)24(13-14)17-7-3-15(21)4-8-17/h3-10,14H,2,11-13H2,1H3,(H2,22,23,26)/t14-/m0/s1. The molecule has 3 rings (SSSR count). The van der Waals surface area contributed by atoms with Gasteiger partial charge in [0.05, 0.1) is 6.61 Å². The van der Waals surface area contributed by atoms with Crippen molar-refractivity contribution in [2.75, 3.05) is 29.9 Å². The molecule has 1 atom stereocenters. The number of ether oxygens (including phenoxy) is 1. The van der Waals surface area contributed by atoms with Gasteiger partial charge >= 0.3 is 6.03 Å².